The molecule has 3 aliphatic carbocycles. The lowest BCUT2D eigenvalue weighted by atomic mass is 9.60. The van der Waals surface area contributed by atoms with Gasteiger partial charge in [0, 0.05) is 35.6 Å². The second-order valence-corrected chi connectivity index (χ2v) is 11.1. The number of ether oxygens (including phenoxy) is 1. The Morgan fingerprint density at radius 2 is 1.88 bits per heavy atom. The molecule has 0 bridgehead atoms. The number of benzene rings is 1. The average Bonchev–Trinajstić information content (AvgIpc) is 3.19. The number of phenolic OH excluding ortho intramolecular Hbond substituents is 1. The number of ketones is 2. The second-order valence-electron chi connectivity index (χ2n) is 11.1. The average molecular weight is 560 g/mol. The molecular formula is C32H33NO8. The maximum absolute atomic E-state index is 13.7. The standard InChI is InChI=1S/C32H33NO8/c1-17-14-25(35)28-20(9-7-18-8-12-24(34)26(15-18)41-2)19-10-11-21-29(22(19)16-23(28)30(17)38)32(40)33(31(21)39)13-5-3-4-6-27(36)37/h7-10,12,14-15,20-22,29,34H,3-6,11,13,16H2,1-2H3,(H,36,37)/t20-,21-,22+,29-/m0/s1. The van der Waals surface area contributed by atoms with Gasteiger partial charge in [0.15, 0.2) is 23.1 Å². The zero-order valence-electron chi connectivity index (χ0n) is 23.1. The number of hydrogen-bond acceptors (Lipinski definition) is 7. The largest absolute Gasteiger partial charge is 0.504 e. The first-order valence-electron chi connectivity index (χ1n) is 13.9. The summed E-state index contributed by atoms with van der Waals surface area (Å²) in [5.74, 6) is -3.57. The van der Waals surface area contributed by atoms with Crippen molar-refractivity contribution in [3.05, 3.63) is 64.3 Å². The molecule has 0 aromatic heterocycles. The molecule has 1 aromatic rings. The summed E-state index contributed by atoms with van der Waals surface area (Å²) >= 11 is 0. The number of aromatic hydroxyl groups is 1. The number of carboxylic acid groups (broad SMARTS) is 1. The third-order valence-corrected chi connectivity index (χ3v) is 8.66. The minimum Gasteiger partial charge on any atom is -0.504 e. The summed E-state index contributed by atoms with van der Waals surface area (Å²) in [6.07, 6.45) is 9.23. The van der Waals surface area contributed by atoms with Gasteiger partial charge in [0.05, 0.1) is 18.9 Å². The van der Waals surface area contributed by atoms with Gasteiger partial charge in [-0.1, -0.05) is 36.3 Å². The van der Waals surface area contributed by atoms with Crippen LogP contribution in [-0.2, 0) is 24.0 Å². The van der Waals surface area contributed by atoms with Crippen LogP contribution < -0.4 is 4.74 Å². The lowest BCUT2D eigenvalue weighted by Crippen LogP contribution is -2.40. The molecule has 41 heavy (non-hydrogen) atoms. The monoisotopic (exact) mass is 559 g/mol. The van der Waals surface area contributed by atoms with Gasteiger partial charge in [-0.25, -0.2) is 0 Å². The van der Waals surface area contributed by atoms with Crippen LogP contribution in [0.5, 0.6) is 11.5 Å². The molecule has 1 fully saturated rings. The first-order valence-corrected chi connectivity index (χ1v) is 13.9. The van der Waals surface area contributed by atoms with Gasteiger partial charge in [0.1, 0.15) is 0 Å². The number of methoxy groups -OCH3 is 1. The molecule has 4 atom stereocenters. The van der Waals surface area contributed by atoms with Crippen molar-refractivity contribution >= 4 is 35.4 Å². The van der Waals surface area contributed by atoms with Crippen molar-refractivity contribution in [1.29, 1.82) is 0 Å². The highest BCUT2D eigenvalue weighted by atomic mass is 16.5. The number of aliphatic carboxylic acids is 1. The van der Waals surface area contributed by atoms with Crippen LogP contribution in [0.4, 0.5) is 0 Å². The quantitative estimate of drug-likeness (QED) is 0.200. The number of unbranched alkanes of at least 4 members (excludes halogenated alkanes) is 2. The summed E-state index contributed by atoms with van der Waals surface area (Å²) < 4.78 is 5.21. The zero-order valence-corrected chi connectivity index (χ0v) is 23.1. The first kappa shape index (κ1) is 28.3. The summed E-state index contributed by atoms with van der Waals surface area (Å²) in [6.45, 7) is 1.86. The van der Waals surface area contributed by atoms with E-state index in [0.29, 0.717) is 48.2 Å². The van der Waals surface area contributed by atoms with E-state index in [1.165, 1.54) is 24.2 Å². The summed E-state index contributed by atoms with van der Waals surface area (Å²) in [5, 5.41) is 18.8. The van der Waals surface area contributed by atoms with E-state index in [1.54, 1.807) is 25.1 Å². The Balaban J connectivity index is 1.46. The number of allylic oxidation sites excluding steroid dienone is 7. The van der Waals surface area contributed by atoms with Crippen LogP contribution in [0.15, 0.2) is 58.7 Å². The number of carbonyl (C=O) groups is 5. The van der Waals surface area contributed by atoms with E-state index in [1.807, 2.05) is 12.2 Å². The summed E-state index contributed by atoms with van der Waals surface area (Å²) in [4.78, 5) is 65.7. The molecule has 1 aliphatic heterocycles. The Labute approximate surface area is 237 Å². The maximum atomic E-state index is 13.7. The van der Waals surface area contributed by atoms with Gasteiger partial charge >= 0.3 is 5.97 Å². The minimum atomic E-state index is -0.872. The van der Waals surface area contributed by atoms with Crippen LogP contribution in [0.2, 0.25) is 0 Å². The lowest BCUT2D eigenvalue weighted by molar-refractivity contribution is -0.141. The second kappa shape index (κ2) is 11.3. The van der Waals surface area contributed by atoms with E-state index < -0.39 is 29.6 Å². The summed E-state index contributed by atoms with van der Waals surface area (Å²) in [6, 6.07) is 4.89. The third kappa shape index (κ3) is 5.16. The number of phenols is 1. The van der Waals surface area contributed by atoms with E-state index in [-0.39, 0.29) is 48.5 Å². The molecule has 1 aromatic carbocycles. The molecule has 0 saturated carbocycles. The van der Waals surface area contributed by atoms with E-state index in [4.69, 9.17) is 9.84 Å². The number of likely N-dealkylation sites (tertiary alicyclic amines) is 1. The predicted octanol–water partition coefficient (Wildman–Crippen LogP) is 4.02. The van der Waals surface area contributed by atoms with Crippen molar-refractivity contribution in [2.24, 2.45) is 23.7 Å². The van der Waals surface area contributed by atoms with Crippen LogP contribution in [0.3, 0.4) is 0 Å². The van der Waals surface area contributed by atoms with Crippen molar-refractivity contribution in [1.82, 2.24) is 4.90 Å². The zero-order chi connectivity index (χ0) is 29.4. The fourth-order valence-corrected chi connectivity index (χ4v) is 6.67. The molecule has 2 N–H and O–H groups in total. The molecule has 4 aliphatic rings. The fourth-order valence-electron chi connectivity index (χ4n) is 6.67. The van der Waals surface area contributed by atoms with Crippen LogP contribution in [0, 0.1) is 23.7 Å². The van der Waals surface area contributed by atoms with Crippen molar-refractivity contribution in [2.45, 2.75) is 45.4 Å². The van der Waals surface area contributed by atoms with Crippen LogP contribution in [0.1, 0.15) is 51.0 Å². The molecule has 1 heterocycles. The lowest BCUT2D eigenvalue weighted by Gasteiger charge is -2.41. The van der Waals surface area contributed by atoms with Gasteiger partial charge in [-0.15, -0.1) is 0 Å². The van der Waals surface area contributed by atoms with E-state index in [2.05, 4.69) is 0 Å². The van der Waals surface area contributed by atoms with Gasteiger partial charge in [0.2, 0.25) is 11.8 Å². The molecule has 9 heteroatoms. The molecule has 214 valence electrons. The number of imide groups is 1. The Kier molecular flexibility index (Phi) is 7.80. The van der Waals surface area contributed by atoms with E-state index in [0.717, 1.165) is 11.1 Å². The molecule has 0 radical (unpaired) electrons. The number of nitrogens with zero attached hydrogens (tertiary/aromatic N) is 1. The van der Waals surface area contributed by atoms with Gasteiger partial charge < -0.3 is 14.9 Å². The Hall–Kier alpha value is -4.27. The highest BCUT2D eigenvalue weighted by Crippen LogP contribution is 2.52. The molecule has 9 nitrogen and oxygen atoms in total. The normalized spacial score (nSPS) is 25.7. The molecule has 2 amide bonds. The number of amides is 2. The molecular weight excluding hydrogens is 526 g/mol. The van der Waals surface area contributed by atoms with Crippen molar-refractivity contribution in [3.63, 3.8) is 0 Å². The molecule has 1 saturated heterocycles. The van der Waals surface area contributed by atoms with Gasteiger partial charge in [-0.3, -0.25) is 28.9 Å². The molecule has 0 unspecified atom stereocenters. The van der Waals surface area contributed by atoms with Gasteiger partial charge in [-0.2, -0.15) is 0 Å². The number of rotatable bonds is 9. The molecule has 0 spiro atoms. The predicted molar refractivity (Wildman–Crippen MR) is 149 cm³/mol. The topological polar surface area (TPSA) is 138 Å². The third-order valence-electron chi connectivity index (χ3n) is 8.66. The number of hydrogen-bond donors (Lipinski definition) is 2. The van der Waals surface area contributed by atoms with Crippen LogP contribution >= 0.6 is 0 Å². The van der Waals surface area contributed by atoms with E-state index in [9.17, 15) is 29.1 Å². The highest BCUT2D eigenvalue weighted by molar-refractivity contribution is 6.23. The van der Waals surface area contributed by atoms with Crippen LogP contribution in [0.25, 0.3) is 6.08 Å². The first-order chi connectivity index (χ1) is 19.6. The highest BCUT2D eigenvalue weighted by Gasteiger charge is 2.55. The number of carbonyl (C=O) groups excluding carboxylic acids is 4. The smallest absolute Gasteiger partial charge is 0.303 e. The van der Waals surface area contributed by atoms with Crippen molar-refractivity contribution in [2.75, 3.05) is 13.7 Å². The van der Waals surface area contributed by atoms with Crippen molar-refractivity contribution < 1.29 is 38.9 Å². The number of carboxylic acids is 1. The Bertz CT molecular complexity index is 1460. The number of Topliss-reactive ketones (excluding diaryl/α,β-unsaturated/α-hetero) is 1. The maximum Gasteiger partial charge on any atom is 0.303 e. The summed E-state index contributed by atoms with van der Waals surface area (Å²) in [7, 11) is 1.45. The van der Waals surface area contributed by atoms with Gasteiger partial charge in [0.25, 0.3) is 0 Å². The number of fused-ring (bicyclic) bond motifs is 3. The molecule has 5 rings (SSSR count). The van der Waals surface area contributed by atoms with Crippen LogP contribution in [-0.4, -0.2) is 58.1 Å². The van der Waals surface area contributed by atoms with Crippen molar-refractivity contribution in [3.8, 4) is 11.5 Å². The van der Waals surface area contributed by atoms with E-state index >= 15 is 0 Å². The SMILES string of the molecule is COc1cc(C=C[C@H]2C3=CC[C@@H]4C(=O)N(CCCCCC(=O)O)C(=O)[C@@H]4[C@@H]3CC3=C2C(=O)C=C(C)C3=O)ccc1O. The minimum absolute atomic E-state index is 0.00192. The summed E-state index contributed by atoms with van der Waals surface area (Å²) in [5.41, 5.74) is 2.77. The Morgan fingerprint density at radius 1 is 1.10 bits per heavy atom. The Morgan fingerprint density at radius 3 is 2.61 bits per heavy atom. The van der Waals surface area contributed by atoms with Gasteiger partial charge in [-0.05, 0) is 62.3 Å². The fraction of sp³-hybridized carbons (Fsp3) is 0.406.